The Balaban J connectivity index is 2.78. The summed E-state index contributed by atoms with van der Waals surface area (Å²) in [6.07, 6.45) is 0. The van der Waals surface area contributed by atoms with Gasteiger partial charge in [-0.15, -0.1) is 0 Å². The molecule has 0 aliphatic heterocycles. The third kappa shape index (κ3) is 5.05. The van der Waals surface area contributed by atoms with Crippen LogP contribution in [0.25, 0.3) is 0 Å². The first kappa shape index (κ1) is 13.8. The summed E-state index contributed by atoms with van der Waals surface area (Å²) in [5.41, 5.74) is 3.64. The summed E-state index contributed by atoms with van der Waals surface area (Å²) >= 11 is 0.217. The summed E-state index contributed by atoms with van der Waals surface area (Å²) in [6.45, 7) is 5.94. The molecule has 17 heavy (non-hydrogen) atoms. The maximum atomic E-state index is 11.4. The van der Waals surface area contributed by atoms with Crippen LogP contribution in [0.3, 0.4) is 0 Å². The molecule has 0 aliphatic rings. The number of carbonyl (C=O) groups is 1. The Morgan fingerprint density at radius 2 is 1.94 bits per heavy atom. The molecule has 3 heteroatoms. The zero-order valence-electron chi connectivity index (χ0n) is 10.3. The topological polar surface area (TPSA) is 26.3 Å². The average molecular weight is 295 g/mol. The van der Waals surface area contributed by atoms with Gasteiger partial charge >= 0.3 is 108 Å². The Bertz CT molecular complexity index is 443. The monoisotopic (exact) mass is 296 g/mol. The first-order chi connectivity index (χ1) is 8.13. The van der Waals surface area contributed by atoms with Crippen LogP contribution in [0.4, 0.5) is 0 Å². The van der Waals surface area contributed by atoms with Crippen molar-refractivity contribution in [3.63, 3.8) is 0 Å². The summed E-state index contributed by atoms with van der Waals surface area (Å²) in [7, 11) is 0. The van der Waals surface area contributed by atoms with E-state index < -0.39 is 0 Å². The summed E-state index contributed by atoms with van der Waals surface area (Å²) in [6, 6.07) is 10.2. The van der Waals surface area contributed by atoms with Gasteiger partial charge in [0.1, 0.15) is 0 Å². The third-order valence-corrected chi connectivity index (χ3v) is 3.88. The fourth-order valence-corrected chi connectivity index (χ4v) is 3.03. The van der Waals surface area contributed by atoms with E-state index in [1.165, 1.54) is 4.46 Å². The molecular weight excluding hydrogens is 279 g/mol. The Hall–Kier alpha value is -1.27. The number of esters is 1. The van der Waals surface area contributed by atoms with Gasteiger partial charge in [-0.05, 0) is 0 Å². The molecule has 0 spiro atoms. The average Bonchev–Trinajstić information content (AvgIpc) is 2.30. The third-order valence-electron chi connectivity index (χ3n) is 1.96. The van der Waals surface area contributed by atoms with Gasteiger partial charge in [0, 0.05) is 0 Å². The van der Waals surface area contributed by atoms with Gasteiger partial charge < -0.3 is 0 Å². The Labute approximate surface area is 109 Å². The van der Waals surface area contributed by atoms with Gasteiger partial charge in [0.05, 0.1) is 0 Å². The number of carbonyl (C=O) groups excluding carboxylic acids is 1. The van der Waals surface area contributed by atoms with Crippen molar-refractivity contribution in [2.75, 3.05) is 6.61 Å². The molecule has 0 aliphatic carbocycles. The molecule has 0 amide bonds. The fraction of sp³-hybridized carbons (Fsp3) is 0.286. The Morgan fingerprint density at radius 3 is 2.53 bits per heavy atom. The molecule has 0 saturated heterocycles. The molecule has 0 bridgehead atoms. The van der Waals surface area contributed by atoms with Crippen molar-refractivity contribution < 1.29 is 9.53 Å². The Kier molecular flexibility index (Phi) is 5.79. The molecule has 0 unspecified atom stereocenters. The summed E-state index contributed by atoms with van der Waals surface area (Å²) in [5, 5.41) is 0. The molecule has 0 saturated carbocycles. The van der Waals surface area contributed by atoms with Gasteiger partial charge in [-0.25, -0.2) is 0 Å². The van der Waals surface area contributed by atoms with Crippen LogP contribution >= 0.6 is 0 Å². The van der Waals surface area contributed by atoms with Crippen molar-refractivity contribution in [1.29, 1.82) is 0 Å². The van der Waals surface area contributed by atoms with E-state index in [0.717, 1.165) is 4.47 Å². The molecule has 1 rings (SSSR count). The predicted octanol–water partition coefficient (Wildman–Crippen LogP) is 2.03. The number of hydrogen-bond acceptors (Lipinski definition) is 2. The van der Waals surface area contributed by atoms with E-state index in [-0.39, 0.29) is 20.9 Å². The van der Waals surface area contributed by atoms with Crippen molar-refractivity contribution in [3.05, 3.63) is 46.1 Å². The van der Waals surface area contributed by atoms with Gasteiger partial charge in [-0.2, -0.15) is 0 Å². The molecule has 0 atom stereocenters. The zero-order valence-corrected chi connectivity index (χ0v) is 12.0. The molecule has 0 radical (unpaired) electrons. The first-order valence-electron chi connectivity index (χ1n) is 5.47. The molecule has 0 fully saturated rings. The van der Waals surface area contributed by atoms with E-state index >= 15 is 0 Å². The van der Waals surface area contributed by atoms with E-state index in [4.69, 9.17) is 4.74 Å². The van der Waals surface area contributed by atoms with Crippen LogP contribution in [-0.4, -0.2) is 27.5 Å². The summed E-state index contributed by atoms with van der Waals surface area (Å²) in [4.78, 5) is 11.4. The SMILES string of the molecule is CCOC(=O)C(C)=C=C(C)[Se]c1ccccc1. The number of rotatable bonds is 4. The molecule has 0 N–H and O–H groups in total. The van der Waals surface area contributed by atoms with Gasteiger partial charge in [-0.1, -0.05) is 0 Å². The van der Waals surface area contributed by atoms with Crippen molar-refractivity contribution in [2.45, 2.75) is 20.8 Å². The van der Waals surface area contributed by atoms with E-state index in [1.807, 2.05) is 25.1 Å². The van der Waals surface area contributed by atoms with Crippen LogP contribution in [0, 0.1) is 0 Å². The molecular formula is C14H16O2Se. The van der Waals surface area contributed by atoms with Crippen LogP contribution in [0.5, 0.6) is 0 Å². The standard InChI is InChI=1S/C14H16O2Se/c1-4-16-14(15)11(2)10-12(3)17-13-8-6-5-7-9-13/h5-9H,4H2,1-3H3. The number of ether oxygens (including phenoxy) is 1. The fourth-order valence-electron chi connectivity index (χ4n) is 1.25. The van der Waals surface area contributed by atoms with Crippen molar-refractivity contribution in [3.8, 4) is 0 Å². The van der Waals surface area contributed by atoms with Gasteiger partial charge in [0.25, 0.3) is 0 Å². The number of benzene rings is 1. The van der Waals surface area contributed by atoms with Crippen LogP contribution < -0.4 is 4.46 Å². The molecule has 90 valence electrons. The van der Waals surface area contributed by atoms with Gasteiger partial charge in [0.2, 0.25) is 0 Å². The van der Waals surface area contributed by atoms with E-state index in [1.54, 1.807) is 13.8 Å². The minimum absolute atomic E-state index is 0.217. The molecule has 1 aromatic carbocycles. The number of hydrogen-bond donors (Lipinski definition) is 0. The summed E-state index contributed by atoms with van der Waals surface area (Å²) < 4.78 is 7.28. The van der Waals surface area contributed by atoms with Crippen molar-refractivity contribution >= 4 is 25.4 Å². The van der Waals surface area contributed by atoms with Gasteiger partial charge in [0.15, 0.2) is 0 Å². The quantitative estimate of drug-likeness (QED) is 0.368. The predicted molar refractivity (Wildman–Crippen MR) is 70.4 cm³/mol. The second kappa shape index (κ2) is 7.13. The van der Waals surface area contributed by atoms with Crippen molar-refractivity contribution in [2.24, 2.45) is 0 Å². The second-order valence-corrected chi connectivity index (χ2v) is 6.14. The van der Waals surface area contributed by atoms with Crippen molar-refractivity contribution in [1.82, 2.24) is 0 Å². The first-order valence-corrected chi connectivity index (χ1v) is 7.19. The van der Waals surface area contributed by atoms with E-state index in [0.29, 0.717) is 12.2 Å². The van der Waals surface area contributed by atoms with Gasteiger partial charge in [-0.3, -0.25) is 0 Å². The zero-order chi connectivity index (χ0) is 12.7. The maximum absolute atomic E-state index is 11.4. The van der Waals surface area contributed by atoms with E-state index in [9.17, 15) is 4.79 Å². The molecule has 2 nitrogen and oxygen atoms in total. The second-order valence-electron chi connectivity index (χ2n) is 3.44. The van der Waals surface area contributed by atoms with Crippen LogP contribution in [0.2, 0.25) is 0 Å². The minimum atomic E-state index is -0.282. The normalized spacial score (nSPS) is 9.35. The molecule has 0 aromatic heterocycles. The summed E-state index contributed by atoms with van der Waals surface area (Å²) in [5.74, 6) is -0.282. The molecule has 0 heterocycles. The van der Waals surface area contributed by atoms with Crippen LogP contribution in [0.15, 0.2) is 46.1 Å². The van der Waals surface area contributed by atoms with E-state index in [2.05, 4.69) is 17.9 Å². The molecule has 1 aromatic rings. The van der Waals surface area contributed by atoms with Crippen LogP contribution in [-0.2, 0) is 9.53 Å². The van der Waals surface area contributed by atoms with Crippen LogP contribution in [0.1, 0.15) is 20.8 Å². The Morgan fingerprint density at radius 1 is 1.29 bits per heavy atom.